The van der Waals surface area contributed by atoms with E-state index in [1.165, 1.54) is 0 Å². The molecular formula is C10H17BFNO3. The number of nitrogens with two attached hydrogens (primary N) is 1. The minimum absolute atomic E-state index is 0.0265. The van der Waals surface area contributed by atoms with Gasteiger partial charge in [0.15, 0.2) is 0 Å². The summed E-state index contributed by atoms with van der Waals surface area (Å²) >= 11 is 0. The minimum atomic E-state index is -0.794. The van der Waals surface area contributed by atoms with Crippen molar-refractivity contribution in [2.45, 2.75) is 45.2 Å². The summed E-state index contributed by atoms with van der Waals surface area (Å²) in [5.41, 5.74) is 3.90. The standard InChI is InChI=1S/C10H17BFNO3/c1-9(2)10(3,4)16-11(15-9)5-7(6-12)8(13)14/h6H,5H2,1-4H3,(H2,13,14)/b7-6-. The largest absolute Gasteiger partial charge is 0.462 e. The lowest BCUT2D eigenvalue weighted by molar-refractivity contribution is -0.114. The minimum Gasteiger partial charge on any atom is -0.403 e. The quantitative estimate of drug-likeness (QED) is 0.588. The molecule has 0 atom stereocenters. The highest BCUT2D eigenvalue weighted by Gasteiger charge is 2.51. The summed E-state index contributed by atoms with van der Waals surface area (Å²) in [5.74, 6) is -0.794. The Balaban J connectivity index is 2.71. The van der Waals surface area contributed by atoms with Gasteiger partial charge in [0.1, 0.15) is 0 Å². The van der Waals surface area contributed by atoms with Gasteiger partial charge in [0, 0.05) is 11.9 Å². The van der Waals surface area contributed by atoms with Crippen LogP contribution in [0.1, 0.15) is 27.7 Å². The lowest BCUT2D eigenvalue weighted by atomic mass is 9.80. The third-order valence-electron chi connectivity index (χ3n) is 3.14. The average Bonchev–Trinajstić information content (AvgIpc) is 2.31. The van der Waals surface area contributed by atoms with Crippen LogP contribution in [0.4, 0.5) is 4.39 Å². The van der Waals surface area contributed by atoms with Gasteiger partial charge < -0.3 is 15.0 Å². The molecule has 0 radical (unpaired) electrons. The van der Waals surface area contributed by atoms with E-state index in [1.807, 2.05) is 27.7 Å². The van der Waals surface area contributed by atoms with E-state index in [-0.39, 0.29) is 18.2 Å². The first-order valence-electron chi connectivity index (χ1n) is 5.14. The van der Waals surface area contributed by atoms with Gasteiger partial charge in [-0.3, -0.25) is 4.79 Å². The molecule has 1 rings (SSSR count). The van der Waals surface area contributed by atoms with Crippen LogP contribution in [0, 0.1) is 0 Å². The number of carbonyl (C=O) groups excluding carboxylic acids is 1. The van der Waals surface area contributed by atoms with Crippen LogP contribution in [-0.4, -0.2) is 24.2 Å². The summed E-state index contributed by atoms with van der Waals surface area (Å²) in [4.78, 5) is 10.8. The van der Waals surface area contributed by atoms with Gasteiger partial charge >= 0.3 is 7.12 Å². The Morgan fingerprint density at radius 1 is 1.31 bits per heavy atom. The maximum atomic E-state index is 12.4. The molecule has 0 aliphatic carbocycles. The lowest BCUT2D eigenvalue weighted by Gasteiger charge is -2.32. The van der Waals surface area contributed by atoms with Gasteiger partial charge in [0.25, 0.3) is 0 Å². The molecule has 4 nitrogen and oxygen atoms in total. The Labute approximate surface area is 95.1 Å². The van der Waals surface area contributed by atoms with Gasteiger partial charge in [-0.25, -0.2) is 4.39 Å². The molecular weight excluding hydrogens is 212 g/mol. The normalized spacial score (nSPS) is 23.6. The molecule has 1 aliphatic heterocycles. The van der Waals surface area contributed by atoms with Crippen LogP contribution in [-0.2, 0) is 14.1 Å². The summed E-state index contributed by atoms with van der Waals surface area (Å²) in [6.45, 7) is 7.54. The molecule has 0 aromatic carbocycles. The Kier molecular flexibility index (Phi) is 3.45. The SMILES string of the molecule is CC1(C)OB(C/C(=C/F)C(N)=O)OC1(C)C. The molecule has 1 heterocycles. The summed E-state index contributed by atoms with van der Waals surface area (Å²) < 4.78 is 23.6. The monoisotopic (exact) mass is 229 g/mol. The summed E-state index contributed by atoms with van der Waals surface area (Å²) in [5, 5.41) is 0. The van der Waals surface area contributed by atoms with Crippen molar-refractivity contribution in [2.75, 3.05) is 0 Å². The summed E-state index contributed by atoms with van der Waals surface area (Å²) in [7, 11) is -0.639. The van der Waals surface area contributed by atoms with E-state index in [4.69, 9.17) is 15.0 Å². The van der Waals surface area contributed by atoms with E-state index in [0.29, 0.717) is 0 Å². The second-order valence-corrected chi connectivity index (χ2v) is 4.89. The first-order valence-corrected chi connectivity index (χ1v) is 5.14. The molecule has 0 spiro atoms. The van der Waals surface area contributed by atoms with Crippen molar-refractivity contribution < 1.29 is 18.5 Å². The smallest absolute Gasteiger partial charge is 0.403 e. The summed E-state index contributed by atoms with van der Waals surface area (Å²) in [6.07, 6.45) is 0.228. The van der Waals surface area contributed by atoms with Crippen molar-refractivity contribution in [3.63, 3.8) is 0 Å². The Morgan fingerprint density at radius 3 is 2.06 bits per heavy atom. The van der Waals surface area contributed by atoms with E-state index in [1.54, 1.807) is 0 Å². The molecule has 0 unspecified atom stereocenters. The third-order valence-corrected chi connectivity index (χ3v) is 3.14. The van der Waals surface area contributed by atoms with Crippen molar-refractivity contribution >= 4 is 13.0 Å². The van der Waals surface area contributed by atoms with Gasteiger partial charge in [-0.15, -0.1) is 0 Å². The van der Waals surface area contributed by atoms with Crippen LogP contribution in [0.25, 0.3) is 0 Å². The zero-order valence-corrected chi connectivity index (χ0v) is 10.0. The van der Waals surface area contributed by atoms with Crippen LogP contribution in [0.5, 0.6) is 0 Å². The number of rotatable bonds is 3. The Hall–Kier alpha value is -0.875. The fourth-order valence-electron chi connectivity index (χ4n) is 1.43. The molecule has 0 saturated carbocycles. The lowest BCUT2D eigenvalue weighted by Crippen LogP contribution is -2.41. The van der Waals surface area contributed by atoms with E-state index < -0.39 is 24.2 Å². The number of hydrogen-bond donors (Lipinski definition) is 1. The third kappa shape index (κ3) is 2.44. The Morgan fingerprint density at radius 2 is 1.75 bits per heavy atom. The van der Waals surface area contributed by atoms with E-state index in [2.05, 4.69) is 0 Å². The van der Waals surface area contributed by atoms with Gasteiger partial charge in [-0.1, -0.05) is 0 Å². The molecule has 0 aromatic heterocycles. The second kappa shape index (κ2) is 4.18. The van der Waals surface area contributed by atoms with Gasteiger partial charge in [0.2, 0.25) is 5.91 Å². The fraction of sp³-hybridized carbons (Fsp3) is 0.700. The van der Waals surface area contributed by atoms with Crippen LogP contribution in [0.3, 0.4) is 0 Å². The molecule has 6 heteroatoms. The highest BCUT2D eigenvalue weighted by atomic mass is 19.1. The number of halogens is 1. The maximum absolute atomic E-state index is 12.4. The molecule has 1 aliphatic rings. The van der Waals surface area contributed by atoms with E-state index >= 15 is 0 Å². The van der Waals surface area contributed by atoms with Crippen molar-refractivity contribution in [3.8, 4) is 0 Å². The van der Waals surface area contributed by atoms with Crippen molar-refractivity contribution in [2.24, 2.45) is 5.73 Å². The Bertz CT molecular complexity index is 312. The van der Waals surface area contributed by atoms with E-state index in [9.17, 15) is 9.18 Å². The van der Waals surface area contributed by atoms with Crippen LogP contribution >= 0.6 is 0 Å². The number of carbonyl (C=O) groups is 1. The van der Waals surface area contributed by atoms with Crippen LogP contribution < -0.4 is 5.73 Å². The molecule has 90 valence electrons. The molecule has 1 saturated heterocycles. The molecule has 1 amide bonds. The van der Waals surface area contributed by atoms with Crippen LogP contribution in [0.2, 0.25) is 6.32 Å². The highest BCUT2D eigenvalue weighted by Crippen LogP contribution is 2.38. The second-order valence-electron chi connectivity index (χ2n) is 4.89. The molecule has 16 heavy (non-hydrogen) atoms. The average molecular weight is 229 g/mol. The molecule has 0 aromatic rings. The van der Waals surface area contributed by atoms with Gasteiger partial charge in [-0.2, -0.15) is 0 Å². The predicted octanol–water partition coefficient (Wildman–Crippen LogP) is 1.42. The van der Waals surface area contributed by atoms with Gasteiger partial charge in [-0.05, 0) is 27.7 Å². The first-order chi connectivity index (χ1) is 7.19. The van der Waals surface area contributed by atoms with Crippen molar-refractivity contribution in [3.05, 3.63) is 11.9 Å². The van der Waals surface area contributed by atoms with Crippen molar-refractivity contribution in [1.82, 2.24) is 0 Å². The summed E-state index contributed by atoms with van der Waals surface area (Å²) in [6, 6.07) is 0. The van der Waals surface area contributed by atoms with Gasteiger partial charge in [0.05, 0.1) is 17.5 Å². The number of primary amides is 1. The van der Waals surface area contributed by atoms with Crippen LogP contribution in [0.15, 0.2) is 11.9 Å². The topological polar surface area (TPSA) is 61.5 Å². The highest BCUT2D eigenvalue weighted by molar-refractivity contribution is 6.47. The van der Waals surface area contributed by atoms with E-state index in [0.717, 1.165) is 0 Å². The number of hydrogen-bond acceptors (Lipinski definition) is 3. The predicted molar refractivity (Wildman–Crippen MR) is 59.3 cm³/mol. The maximum Gasteiger partial charge on any atom is 0.462 e. The molecule has 1 fully saturated rings. The zero-order chi connectivity index (χ0) is 12.6. The fourth-order valence-corrected chi connectivity index (χ4v) is 1.43. The molecule has 2 N–H and O–H groups in total. The van der Waals surface area contributed by atoms with Crippen molar-refractivity contribution in [1.29, 1.82) is 0 Å². The zero-order valence-electron chi connectivity index (χ0n) is 10.0. The first kappa shape index (κ1) is 13.2. The molecule has 0 bridgehead atoms. The number of amides is 1.